The van der Waals surface area contributed by atoms with Crippen molar-refractivity contribution in [3.05, 3.63) is 48.2 Å². The SMILES string of the molecule is COc1ccc(C=CC(=O)OCC23OC2C(O)C2C=COC(OC4OC(CO)C(O)C(O)C4O)C23)cc1. The van der Waals surface area contributed by atoms with E-state index in [0.29, 0.717) is 5.75 Å². The largest absolute Gasteiger partial charge is 0.497 e. The van der Waals surface area contributed by atoms with Crippen LogP contribution in [0.5, 0.6) is 5.75 Å². The Morgan fingerprint density at radius 2 is 1.81 bits per heavy atom. The van der Waals surface area contributed by atoms with E-state index in [2.05, 4.69) is 0 Å². The van der Waals surface area contributed by atoms with E-state index in [1.165, 1.54) is 12.3 Å². The Hall–Kier alpha value is -2.55. The van der Waals surface area contributed by atoms with Crippen LogP contribution in [0, 0.1) is 11.8 Å². The van der Waals surface area contributed by atoms with E-state index < -0.39 is 79.2 Å². The van der Waals surface area contributed by atoms with Crippen molar-refractivity contribution in [3.8, 4) is 5.75 Å². The molecular formula is C25H30O12. The van der Waals surface area contributed by atoms with Gasteiger partial charge < -0.3 is 54.0 Å². The van der Waals surface area contributed by atoms with Gasteiger partial charge in [0.1, 0.15) is 48.5 Å². The summed E-state index contributed by atoms with van der Waals surface area (Å²) >= 11 is 0. The summed E-state index contributed by atoms with van der Waals surface area (Å²) in [5.41, 5.74) is -0.330. The van der Waals surface area contributed by atoms with E-state index in [4.69, 9.17) is 28.4 Å². The zero-order valence-corrected chi connectivity index (χ0v) is 19.9. The summed E-state index contributed by atoms with van der Waals surface area (Å²) in [4.78, 5) is 12.4. The maximum atomic E-state index is 12.4. The van der Waals surface area contributed by atoms with Gasteiger partial charge in [0, 0.05) is 12.0 Å². The highest BCUT2D eigenvalue weighted by atomic mass is 16.8. The fourth-order valence-corrected chi connectivity index (χ4v) is 5.27. The molecule has 0 radical (unpaired) electrons. The second kappa shape index (κ2) is 10.3. The number of esters is 1. The topological polar surface area (TPSA) is 177 Å². The Balaban J connectivity index is 1.26. The molecule has 202 valence electrons. The molecular weight excluding hydrogens is 492 g/mol. The van der Waals surface area contributed by atoms with Gasteiger partial charge >= 0.3 is 5.97 Å². The van der Waals surface area contributed by atoms with Crippen LogP contribution in [0.3, 0.4) is 0 Å². The predicted molar refractivity (Wildman–Crippen MR) is 122 cm³/mol. The number of carbonyl (C=O) groups excluding carboxylic acids is 1. The summed E-state index contributed by atoms with van der Waals surface area (Å²) in [5.74, 6) is -1.04. The molecule has 0 bridgehead atoms. The molecule has 1 aromatic rings. The Bertz CT molecular complexity index is 1030. The van der Waals surface area contributed by atoms with Crippen LogP contribution in [-0.4, -0.2) is 107 Å². The van der Waals surface area contributed by atoms with Crippen molar-refractivity contribution in [2.45, 2.75) is 54.8 Å². The zero-order valence-electron chi connectivity index (χ0n) is 19.9. The fraction of sp³-hybridized carbons (Fsp3) is 0.560. The molecule has 3 heterocycles. The second-order valence-corrected chi connectivity index (χ2v) is 9.47. The maximum Gasteiger partial charge on any atom is 0.330 e. The van der Waals surface area contributed by atoms with Gasteiger partial charge in [-0.1, -0.05) is 12.1 Å². The minimum atomic E-state index is -1.63. The molecule has 0 spiro atoms. The lowest BCUT2D eigenvalue weighted by Gasteiger charge is -2.43. The molecule has 37 heavy (non-hydrogen) atoms. The number of ether oxygens (including phenoxy) is 6. The highest BCUT2D eigenvalue weighted by Gasteiger charge is 2.76. The van der Waals surface area contributed by atoms with Crippen LogP contribution in [-0.2, 0) is 28.5 Å². The quantitative estimate of drug-likeness (QED) is 0.155. The standard InChI is InChI=1S/C25H30O12/c1-32-13-5-2-12(3-6-13)4-7-16(27)34-11-25-17-14(18(28)22(25)37-25)8-9-33-23(17)36-24-21(31)20(30)19(29)15(10-26)35-24/h2-9,14-15,17-24,26,28-31H,10-11H2,1H3. The van der Waals surface area contributed by atoms with E-state index in [-0.39, 0.29) is 6.61 Å². The molecule has 0 aromatic heterocycles. The molecule has 1 saturated carbocycles. The number of aliphatic hydroxyl groups excluding tert-OH is 5. The minimum Gasteiger partial charge on any atom is -0.497 e. The van der Waals surface area contributed by atoms with Crippen LogP contribution in [0.4, 0.5) is 0 Å². The average Bonchev–Trinajstić information content (AvgIpc) is 3.60. The van der Waals surface area contributed by atoms with Gasteiger partial charge in [-0.15, -0.1) is 0 Å². The molecule has 12 heteroatoms. The van der Waals surface area contributed by atoms with Crippen molar-refractivity contribution in [1.29, 1.82) is 0 Å². The van der Waals surface area contributed by atoms with Gasteiger partial charge in [-0.2, -0.15) is 0 Å². The molecule has 12 nitrogen and oxygen atoms in total. The number of epoxide rings is 1. The highest BCUT2D eigenvalue weighted by Crippen LogP contribution is 2.60. The van der Waals surface area contributed by atoms with E-state index in [1.54, 1.807) is 43.5 Å². The van der Waals surface area contributed by atoms with E-state index in [0.717, 1.165) is 5.56 Å². The molecule has 1 aliphatic carbocycles. The smallest absolute Gasteiger partial charge is 0.330 e. The number of rotatable bonds is 8. The third kappa shape index (κ3) is 4.75. The van der Waals surface area contributed by atoms with Crippen molar-refractivity contribution >= 4 is 12.0 Å². The lowest BCUT2D eigenvalue weighted by Crippen LogP contribution is -2.60. The monoisotopic (exact) mass is 522 g/mol. The first kappa shape index (κ1) is 26.1. The van der Waals surface area contributed by atoms with Gasteiger partial charge in [0.15, 0.2) is 6.29 Å². The summed E-state index contributed by atoms with van der Waals surface area (Å²) < 4.78 is 33.2. The minimum absolute atomic E-state index is 0.187. The van der Waals surface area contributed by atoms with E-state index in [1.807, 2.05) is 0 Å². The second-order valence-electron chi connectivity index (χ2n) is 9.47. The first-order valence-corrected chi connectivity index (χ1v) is 11.9. The molecule has 4 aliphatic rings. The van der Waals surface area contributed by atoms with Crippen LogP contribution < -0.4 is 4.74 Å². The number of aliphatic hydroxyl groups is 5. The molecule has 11 unspecified atom stereocenters. The lowest BCUT2D eigenvalue weighted by molar-refractivity contribution is -0.344. The fourth-order valence-electron chi connectivity index (χ4n) is 5.27. The van der Waals surface area contributed by atoms with Gasteiger partial charge in [-0.25, -0.2) is 4.79 Å². The number of methoxy groups -OCH3 is 1. The number of hydrogen-bond acceptors (Lipinski definition) is 12. The molecule has 5 N–H and O–H groups in total. The maximum absolute atomic E-state index is 12.4. The molecule has 5 rings (SSSR count). The molecule has 3 fully saturated rings. The molecule has 1 aromatic carbocycles. The summed E-state index contributed by atoms with van der Waals surface area (Å²) in [6, 6.07) is 7.09. The van der Waals surface area contributed by atoms with Crippen LogP contribution in [0.1, 0.15) is 5.56 Å². The Kier molecular flexibility index (Phi) is 7.27. The van der Waals surface area contributed by atoms with E-state index >= 15 is 0 Å². The number of carbonyl (C=O) groups is 1. The predicted octanol–water partition coefficient (Wildman–Crippen LogP) is -1.32. The van der Waals surface area contributed by atoms with Gasteiger partial charge in [-0.3, -0.25) is 0 Å². The molecule has 11 atom stereocenters. The van der Waals surface area contributed by atoms with Gasteiger partial charge in [0.05, 0.1) is 32.0 Å². The van der Waals surface area contributed by atoms with Gasteiger partial charge in [0.2, 0.25) is 6.29 Å². The molecule has 0 amide bonds. The first-order chi connectivity index (χ1) is 17.8. The third-order valence-electron chi connectivity index (χ3n) is 7.35. The number of hydrogen-bond donors (Lipinski definition) is 5. The zero-order chi connectivity index (χ0) is 26.3. The number of benzene rings is 1. The van der Waals surface area contributed by atoms with Crippen molar-refractivity contribution in [1.82, 2.24) is 0 Å². The summed E-state index contributed by atoms with van der Waals surface area (Å²) in [6.45, 7) is -0.802. The lowest BCUT2D eigenvalue weighted by atomic mass is 9.85. The third-order valence-corrected chi connectivity index (χ3v) is 7.35. The molecule has 2 saturated heterocycles. The van der Waals surface area contributed by atoms with Crippen molar-refractivity contribution < 1.29 is 58.7 Å². The van der Waals surface area contributed by atoms with Crippen LogP contribution >= 0.6 is 0 Å². The normalized spacial score (nSPS) is 42.1. The summed E-state index contributed by atoms with van der Waals surface area (Å²) in [6.07, 6.45) is -4.21. The Labute approximate surface area is 212 Å². The van der Waals surface area contributed by atoms with E-state index in [9.17, 15) is 30.3 Å². The Morgan fingerprint density at radius 3 is 2.51 bits per heavy atom. The summed E-state index contributed by atoms with van der Waals surface area (Å²) in [7, 11) is 1.56. The van der Waals surface area contributed by atoms with Gasteiger partial charge in [0.25, 0.3) is 0 Å². The first-order valence-electron chi connectivity index (χ1n) is 11.9. The summed E-state index contributed by atoms with van der Waals surface area (Å²) in [5, 5.41) is 50.6. The highest BCUT2D eigenvalue weighted by molar-refractivity contribution is 5.87. The van der Waals surface area contributed by atoms with Crippen LogP contribution in [0.25, 0.3) is 6.08 Å². The van der Waals surface area contributed by atoms with Crippen molar-refractivity contribution in [3.63, 3.8) is 0 Å². The van der Waals surface area contributed by atoms with Gasteiger partial charge in [-0.05, 0) is 29.8 Å². The van der Waals surface area contributed by atoms with Crippen LogP contribution in [0.15, 0.2) is 42.7 Å². The van der Waals surface area contributed by atoms with Crippen molar-refractivity contribution in [2.75, 3.05) is 20.3 Å². The van der Waals surface area contributed by atoms with Crippen molar-refractivity contribution in [2.24, 2.45) is 11.8 Å². The molecule has 3 aliphatic heterocycles. The van der Waals surface area contributed by atoms with Crippen LogP contribution in [0.2, 0.25) is 0 Å². The Morgan fingerprint density at radius 1 is 1.05 bits per heavy atom. The number of fused-ring (bicyclic) bond motifs is 3. The average molecular weight is 523 g/mol.